The lowest BCUT2D eigenvalue weighted by molar-refractivity contribution is -0.274. The van der Waals surface area contributed by atoms with Crippen molar-refractivity contribution < 1.29 is 27.4 Å². The molecule has 0 aliphatic carbocycles. The maximum Gasteiger partial charge on any atom is 0.573 e. The Hall–Kier alpha value is -3.36. The van der Waals surface area contributed by atoms with Crippen molar-refractivity contribution in [3.8, 4) is 16.9 Å². The molecule has 3 rings (SSSR count). The molecule has 1 unspecified atom stereocenters. The van der Waals surface area contributed by atoms with Crippen molar-refractivity contribution in [3.05, 3.63) is 58.5 Å². The van der Waals surface area contributed by atoms with E-state index >= 15 is 0 Å². The van der Waals surface area contributed by atoms with Gasteiger partial charge >= 0.3 is 12.3 Å². The first kappa shape index (κ1) is 21.4. The Labute approximate surface area is 169 Å². The highest BCUT2D eigenvalue weighted by Crippen LogP contribution is 2.29. The third kappa shape index (κ3) is 4.45. The van der Waals surface area contributed by atoms with Gasteiger partial charge in [0, 0.05) is 7.05 Å². The summed E-state index contributed by atoms with van der Waals surface area (Å²) < 4.78 is 47.8. The molecule has 0 amide bonds. The monoisotopic (exact) mass is 420 g/mol. The van der Waals surface area contributed by atoms with E-state index in [1.54, 1.807) is 45.2 Å². The van der Waals surface area contributed by atoms with E-state index in [9.17, 15) is 22.8 Å². The van der Waals surface area contributed by atoms with Crippen molar-refractivity contribution in [1.29, 1.82) is 0 Å². The second-order valence-corrected chi connectivity index (χ2v) is 6.61. The van der Waals surface area contributed by atoms with Gasteiger partial charge in [-0.15, -0.1) is 13.2 Å². The zero-order valence-electron chi connectivity index (χ0n) is 16.5. The van der Waals surface area contributed by atoms with Crippen molar-refractivity contribution >= 4 is 17.0 Å². The minimum Gasteiger partial charge on any atom is -0.465 e. The van der Waals surface area contributed by atoms with E-state index in [-0.39, 0.29) is 18.1 Å². The van der Waals surface area contributed by atoms with E-state index in [1.165, 1.54) is 22.8 Å². The van der Waals surface area contributed by atoms with Crippen LogP contribution in [0.25, 0.3) is 22.2 Å². The third-order valence-electron chi connectivity index (χ3n) is 4.55. The summed E-state index contributed by atoms with van der Waals surface area (Å²) in [6.45, 7) is 3.42. The van der Waals surface area contributed by atoms with Gasteiger partial charge in [-0.05, 0) is 49.2 Å². The molecule has 158 valence electrons. The molecule has 0 spiro atoms. The Balaban J connectivity index is 2.05. The van der Waals surface area contributed by atoms with Crippen molar-refractivity contribution in [2.45, 2.75) is 26.1 Å². The van der Waals surface area contributed by atoms with Gasteiger partial charge in [0.2, 0.25) is 0 Å². The van der Waals surface area contributed by atoms with Crippen LogP contribution in [0.3, 0.4) is 0 Å². The molecule has 3 aromatic rings. The molecule has 0 N–H and O–H groups in total. The van der Waals surface area contributed by atoms with Gasteiger partial charge < -0.3 is 14.0 Å². The number of esters is 1. The predicted molar refractivity (Wildman–Crippen MR) is 104 cm³/mol. The number of carbonyl (C=O) groups excluding carboxylic acids is 1. The van der Waals surface area contributed by atoms with E-state index < -0.39 is 23.8 Å². The van der Waals surface area contributed by atoms with Crippen LogP contribution in [0.15, 0.2) is 47.3 Å². The van der Waals surface area contributed by atoms with E-state index in [0.29, 0.717) is 22.2 Å². The Morgan fingerprint density at radius 1 is 1.17 bits per heavy atom. The molecule has 0 radical (unpaired) electrons. The maximum absolute atomic E-state index is 12.7. The van der Waals surface area contributed by atoms with Crippen molar-refractivity contribution in [2.75, 3.05) is 6.61 Å². The van der Waals surface area contributed by atoms with Gasteiger partial charge in [-0.3, -0.25) is 9.59 Å². The lowest BCUT2D eigenvalue weighted by Gasteiger charge is -2.14. The number of hydrogen-bond donors (Lipinski definition) is 0. The number of hydrogen-bond acceptors (Lipinski definition) is 5. The summed E-state index contributed by atoms with van der Waals surface area (Å²) in [6.07, 6.45) is -4.79. The van der Waals surface area contributed by atoms with E-state index in [0.717, 1.165) is 0 Å². The summed E-state index contributed by atoms with van der Waals surface area (Å²) in [5, 5.41) is 0. The summed E-state index contributed by atoms with van der Waals surface area (Å²) >= 11 is 0. The number of aromatic nitrogens is 2. The number of fused-ring (bicyclic) bond motifs is 1. The number of rotatable bonds is 5. The molecule has 0 saturated heterocycles. The topological polar surface area (TPSA) is 70.4 Å². The fraction of sp³-hybridized carbons (Fsp3) is 0.286. The third-order valence-corrected chi connectivity index (χ3v) is 4.55. The number of ether oxygens (including phenoxy) is 2. The highest BCUT2D eigenvalue weighted by molar-refractivity contribution is 5.83. The molecular formula is C21H19F3N2O4. The second-order valence-electron chi connectivity index (χ2n) is 6.61. The molecule has 0 aliphatic rings. The van der Waals surface area contributed by atoms with Crippen LogP contribution in [-0.4, -0.2) is 28.5 Å². The summed E-state index contributed by atoms with van der Waals surface area (Å²) in [5.41, 5.74) is 1.62. The van der Waals surface area contributed by atoms with Gasteiger partial charge in [-0.1, -0.05) is 18.2 Å². The lowest BCUT2D eigenvalue weighted by atomic mass is 10.0. The second kappa shape index (κ2) is 8.17. The van der Waals surface area contributed by atoms with Crippen LogP contribution in [0.1, 0.15) is 25.5 Å². The van der Waals surface area contributed by atoms with Gasteiger partial charge in [0.05, 0.1) is 17.6 Å². The summed E-state index contributed by atoms with van der Waals surface area (Å²) in [4.78, 5) is 29.1. The van der Waals surface area contributed by atoms with E-state index in [1.807, 2.05) is 0 Å². The Kier molecular flexibility index (Phi) is 5.82. The van der Waals surface area contributed by atoms with Crippen molar-refractivity contribution in [1.82, 2.24) is 9.55 Å². The molecular weight excluding hydrogens is 401 g/mol. The first-order chi connectivity index (χ1) is 14.1. The van der Waals surface area contributed by atoms with Gasteiger partial charge in [0.1, 0.15) is 17.4 Å². The number of halogens is 3. The Bertz CT molecular complexity index is 1160. The van der Waals surface area contributed by atoms with Gasteiger partial charge in [-0.2, -0.15) is 0 Å². The zero-order chi connectivity index (χ0) is 22.1. The number of aryl methyl sites for hydroxylation is 1. The van der Waals surface area contributed by atoms with Crippen LogP contribution in [0.4, 0.5) is 13.2 Å². The average Bonchev–Trinajstić information content (AvgIpc) is 2.69. The molecule has 6 nitrogen and oxygen atoms in total. The predicted octanol–water partition coefficient (Wildman–Crippen LogP) is 4.17. The number of nitrogens with zero attached hydrogens (tertiary/aromatic N) is 2. The van der Waals surface area contributed by atoms with Gasteiger partial charge in [0.15, 0.2) is 0 Å². The molecule has 0 bridgehead atoms. The summed E-state index contributed by atoms with van der Waals surface area (Å²) in [7, 11) is 1.54. The number of carbonyl (C=O) groups is 1. The molecule has 0 aliphatic heterocycles. The average molecular weight is 420 g/mol. The molecule has 0 saturated carbocycles. The fourth-order valence-electron chi connectivity index (χ4n) is 3.06. The van der Waals surface area contributed by atoms with Crippen LogP contribution in [0.2, 0.25) is 0 Å². The normalized spacial score (nSPS) is 12.6. The highest BCUT2D eigenvalue weighted by Gasteiger charge is 2.31. The maximum atomic E-state index is 12.7. The van der Waals surface area contributed by atoms with Gasteiger partial charge in [-0.25, -0.2) is 4.98 Å². The quantitative estimate of drug-likeness (QED) is 0.580. The molecule has 0 fully saturated rings. The first-order valence-corrected chi connectivity index (χ1v) is 9.14. The van der Waals surface area contributed by atoms with Crippen LogP contribution in [0, 0.1) is 0 Å². The summed E-state index contributed by atoms with van der Waals surface area (Å²) in [6, 6.07) is 10.5. The van der Waals surface area contributed by atoms with Crippen LogP contribution in [-0.2, 0) is 16.6 Å². The minimum absolute atomic E-state index is 0.0665. The highest BCUT2D eigenvalue weighted by atomic mass is 19.4. The molecule has 30 heavy (non-hydrogen) atoms. The van der Waals surface area contributed by atoms with Crippen LogP contribution in [0.5, 0.6) is 5.75 Å². The molecule has 1 heterocycles. The molecule has 9 heteroatoms. The Morgan fingerprint density at radius 2 is 1.87 bits per heavy atom. The first-order valence-electron chi connectivity index (χ1n) is 9.14. The zero-order valence-corrected chi connectivity index (χ0v) is 16.5. The SMILES string of the molecule is CCOC(=O)C(C)c1nc2ccc(-c3cccc(OC(F)(F)F)c3)cc2n(C)c1=O. The fourth-order valence-corrected chi connectivity index (χ4v) is 3.06. The summed E-state index contributed by atoms with van der Waals surface area (Å²) in [5.74, 6) is -1.71. The van der Waals surface area contributed by atoms with Crippen molar-refractivity contribution in [3.63, 3.8) is 0 Å². The van der Waals surface area contributed by atoms with Crippen LogP contribution < -0.4 is 10.3 Å². The van der Waals surface area contributed by atoms with E-state index in [2.05, 4.69) is 9.72 Å². The largest absolute Gasteiger partial charge is 0.573 e. The molecule has 1 atom stereocenters. The molecule has 2 aromatic carbocycles. The van der Waals surface area contributed by atoms with Gasteiger partial charge in [0.25, 0.3) is 5.56 Å². The molecule has 1 aromatic heterocycles. The number of alkyl halides is 3. The van der Waals surface area contributed by atoms with Crippen molar-refractivity contribution in [2.24, 2.45) is 7.05 Å². The standard InChI is InChI=1S/C21H19F3N2O4/c1-4-29-20(28)12(2)18-19(27)26(3)17-11-14(8-9-16(17)25-18)13-6-5-7-15(10-13)30-21(22,23)24/h5-12H,4H2,1-3H3. The van der Waals surface area contributed by atoms with Crippen LogP contribution >= 0.6 is 0 Å². The van der Waals surface area contributed by atoms with E-state index in [4.69, 9.17) is 4.74 Å². The Morgan fingerprint density at radius 3 is 2.53 bits per heavy atom. The lowest BCUT2D eigenvalue weighted by Crippen LogP contribution is -2.28. The smallest absolute Gasteiger partial charge is 0.465 e. The number of benzene rings is 2. The minimum atomic E-state index is -4.79.